The molecule has 7 heteroatoms. The van der Waals surface area contributed by atoms with E-state index in [0.29, 0.717) is 20.4 Å². The van der Waals surface area contributed by atoms with Crippen molar-refractivity contribution >= 4 is 57.3 Å². The first-order chi connectivity index (χ1) is 11.5. The number of halogens is 2. The molecule has 0 saturated heterocycles. The number of nitrogens with one attached hydrogen (secondary N) is 1. The summed E-state index contributed by atoms with van der Waals surface area (Å²) in [5, 5.41) is 7.00. The lowest BCUT2D eigenvalue weighted by atomic mass is 10.2. The molecule has 1 aromatic heterocycles. The molecule has 0 unspecified atom stereocenters. The van der Waals surface area contributed by atoms with Gasteiger partial charge in [-0.05, 0) is 31.9 Å². The van der Waals surface area contributed by atoms with Crippen molar-refractivity contribution < 1.29 is 4.79 Å². The number of hydrogen-bond acceptors (Lipinski definition) is 4. The van der Waals surface area contributed by atoms with Gasteiger partial charge in [0, 0.05) is 16.2 Å². The number of thiazole rings is 1. The molecular formula is C17H18Cl2N2OS2. The van der Waals surface area contributed by atoms with Crippen LogP contribution in [0.25, 0.3) is 11.3 Å². The minimum Gasteiger partial charge on any atom is -0.301 e. The molecule has 0 bridgehead atoms. The Balaban J connectivity index is 1.62. The summed E-state index contributed by atoms with van der Waals surface area (Å²) in [6.07, 6.45) is 5.01. The molecule has 1 saturated carbocycles. The van der Waals surface area contributed by atoms with Gasteiger partial charge in [-0.1, -0.05) is 42.1 Å². The number of thioether (sulfide) groups is 1. The number of benzene rings is 1. The third-order valence-electron chi connectivity index (χ3n) is 4.02. The lowest BCUT2D eigenvalue weighted by molar-refractivity contribution is -0.115. The van der Waals surface area contributed by atoms with Gasteiger partial charge in [0.2, 0.25) is 5.91 Å². The summed E-state index contributed by atoms with van der Waals surface area (Å²) in [7, 11) is 0. The van der Waals surface area contributed by atoms with Crippen molar-refractivity contribution in [1.82, 2.24) is 4.98 Å². The van der Waals surface area contributed by atoms with E-state index in [2.05, 4.69) is 10.3 Å². The highest BCUT2D eigenvalue weighted by Crippen LogP contribution is 2.33. The van der Waals surface area contributed by atoms with Crippen molar-refractivity contribution in [2.75, 3.05) is 5.32 Å². The minimum absolute atomic E-state index is 0.0157. The molecule has 3 rings (SSSR count). The van der Waals surface area contributed by atoms with Crippen molar-refractivity contribution in [3.8, 4) is 11.3 Å². The van der Waals surface area contributed by atoms with Crippen molar-refractivity contribution in [3.05, 3.63) is 33.6 Å². The zero-order valence-corrected chi connectivity index (χ0v) is 16.4. The molecule has 1 aliphatic carbocycles. The average molecular weight is 401 g/mol. The fraction of sp³-hybridized carbons (Fsp3) is 0.412. The van der Waals surface area contributed by atoms with Crippen LogP contribution < -0.4 is 5.32 Å². The van der Waals surface area contributed by atoms with Gasteiger partial charge >= 0.3 is 0 Å². The predicted molar refractivity (Wildman–Crippen MR) is 106 cm³/mol. The normalized spacial score (nSPS) is 16.3. The van der Waals surface area contributed by atoms with Gasteiger partial charge < -0.3 is 5.32 Å². The Morgan fingerprint density at radius 3 is 2.79 bits per heavy atom. The third-order valence-corrected chi connectivity index (χ3v) is 6.99. The molecule has 1 aromatic carbocycles. The molecule has 128 valence electrons. The fourth-order valence-corrected chi connectivity index (χ4v) is 5.09. The number of carbonyl (C=O) groups excluding carboxylic acids is 1. The number of aromatic nitrogens is 1. The van der Waals surface area contributed by atoms with Crippen LogP contribution in [0.1, 0.15) is 32.6 Å². The van der Waals surface area contributed by atoms with E-state index < -0.39 is 0 Å². The topological polar surface area (TPSA) is 42.0 Å². The van der Waals surface area contributed by atoms with Gasteiger partial charge in [-0.25, -0.2) is 4.98 Å². The lowest BCUT2D eigenvalue weighted by Crippen LogP contribution is -2.24. The lowest BCUT2D eigenvalue weighted by Gasteiger charge is -2.14. The Labute approximate surface area is 160 Å². The smallest absolute Gasteiger partial charge is 0.238 e. The van der Waals surface area contributed by atoms with Crippen molar-refractivity contribution in [3.63, 3.8) is 0 Å². The first-order valence-electron chi connectivity index (χ1n) is 7.90. The van der Waals surface area contributed by atoms with Crippen LogP contribution in [0.4, 0.5) is 5.13 Å². The van der Waals surface area contributed by atoms with E-state index in [0.717, 1.165) is 11.3 Å². The van der Waals surface area contributed by atoms with Crippen LogP contribution in [-0.4, -0.2) is 21.4 Å². The maximum absolute atomic E-state index is 12.3. The molecule has 2 aromatic rings. The quantitative estimate of drug-likeness (QED) is 0.656. The molecule has 1 N–H and O–H groups in total. The van der Waals surface area contributed by atoms with Gasteiger partial charge in [0.05, 0.1) is 21.0 Å². The Kier molecular flexibility index (Phi) is 6.08. The highest BCUT2D eigenvalue weighted by atomic mass is 35.5. The van der Waals surface area contributed by atoms with Gasteiger partial charge in [0.25, 0.3) is 0 Å². The van der Waals surface area contributed by atoms with Crippen molar-refractivity contribution in [2.45, 2.75) is 43.1 Å². The summed E-state index contributed by atoms with van der Waals surface area (Å²) in [5.74, 6) is 0.0157. The van der Waals surface area contributed by atoms with Gasteiger partial charge in [-0.2, -0.15) is 0 Å². The van der Waals surface area contributed by atoms with Crippen LogP contribution in [-0.2, 0) is 4.79 Å². The zero-order valence-electron chi connectivity index (χ0n) is 13.2. The van der Waals surface area contributed by atoms with Crippen LogP contribution in [0, 0.1) is 0 Å². The molecule has 0 radical (unpaired) electrons. The van der Waals surface area contributed by atoms with Crippen LogP contribution in [0.15, 0.2) is 23.6 Å². The molecule has 1 atom stereocenters. The molecule has 0 spiro atoms. The van der Waals surface area contributed by atoms with Gasteiger partial charge in [-0.15, -0.1) is 23.1 Å². The summed E-state index contributed by atoms with van der Waals surface area (Å²) in [6.45, 7) is 1.96. The standard InChI is InChI=1S/C17H18Cl2N2OS2/c1-10(24-12-4-2-3-5-12)16(22)21-17-20-15(9-23-17)11-6-7-13(18)14(19)8-11/h6-10,12H,2-5H2,1H3,(H,20,21,22)/t10-/m0/s1. The first-order valence-corrected chi connectivity index (χ1v) is 10.5. The first kappa shape index (κ1) is 18.1. The second-order valence-electron chi connectivity index (χ2n) is 5.84. The average Bonchev–Trinajstić information content (AvgIpc) is 3.22. The summed E-state index contributed by atoms with van der Waals surface area (Å²) < 4.78 is 0. The molecular weight excluding hydrogens is 383 g/mol. The number of amides is 1. The monoisotopic (exact) mass is 400 g/mol. The number of rotatable bonds is 5. The Morgan fingerprint density at radius 1 is 1.33 bits per heavy atom. The Morgan fingerprint density at radius 2 is 2.08 bits per heavy atom. The zero-order chi connectivity index (χ0) is 17.1. The fourth-order valence-electron chi connectivity index (χ4n) is 2.70. The third kappa shape index (κ3) is 4.45. The van der Waals surface area contributed by atoms with Crippen molar-refractivity contribution in [2.24, 2.45) is 0 Å². The summed E-state index contributed by atoms with van der Waals surface area (Å²) in [5.41, 5.74) is 1.67. The Bertz CT molecular complexity index is 729. The van der Waals surface area contributed by atoms with E-state index in [1.54, 1.807) is 23.9 Å². The summed E-state index contributed by atoms with van der Waals surface area (Å²) in [6, 6.07) is 5.40. The number of carbonyl (C=O) groups is 1. The predicted octanol–water partition coefficient (Wildman–Crippen LogP) is 6.12. The number of nitrogens with zero attached hydrogens (tertiary/aromatic N) is 1. The minimum atomic E-state index is -0.0644. The van der Waals surface area contributed by atoms with E-state index in [-0.39, 0.29) is 11.2 Å². The van der Waals surface area contributed by atoms with Crippen LogP contribution in [0.2, 0.25) is 10.0 Å². The molecule has 3 nitrogen and oxygen atoms in total. The molecule has 1 amide bonds. The van der Waals surface area contributed by atoms with E-state index in [4.69, 9.17) is 23.2 Å². The number of hydrogen-bond donors (Lipinski definition) is 1. The SMILES string of the molecule is C[C@H](SC1CCCC1)C(=O)Nc1nc(-c2ccc(Cl)c(Cl)c2)cs1. The maximum atomic E-state index is 12.3. The largest absolute Gasteiger partial charge is 0.301 e. The van der Waals surface area contributed by atoms with Gasteiger partial charge in [-0.3, -0.25) is 4.79 Å². The van der Waals surface area contributed by atoms with Crippen molar-refractivity contribution in [1.29, 1.82) is 0 Å². The number of anilines is 1. The molecule has 1 aliphatic rings. The molecule has 1 heterocycles. The van der Waals surface area contributed by atoms with Crippen LogP contribution in [0.5, 0.6) is 0 Å². The molecule has 1 fully saturated rings. The Hall–Kier alpha value is -0.750. The van der Waals surface area contributed by atoms with Crippen LogP contribution >= 0.6 is 46.3 Å². The maximum Gasteiger partial charge on any atom is 0.238 e. The van der Waals surface area contributed by atoms with E-state index in [1.807, 2.05) is 18.4 Å². The van der Waals surface area contributed by atoms with Crippen LogP contribution in [0.3, 0.4) is 0 Å². The van der Waals surface area contributed by atoms with E-state index in [9.17, 15) is 4.79 Å². The van der Waals surface area contributed by atoms with Gasteiger partial charge in [0.1, 0.15) is 0 Å². The summed E-state index contributed by atoms with van der Waals surface area (Å²) >= 11 is 15.2. The highest BCUT2D eigenvalue weighted by molar-refractivity contribution is 8.01. The molecule has 0 aliphatic heterocycles. The highest BCUT2D eigenvalue weighted by Gasteiger charge is 2.23. The summed E-state index contributed by atoms with van der Waals surface area (Å²) in [4.78, 5) is 16.8. The van der Waals surface area contributed by atoms with Gasteiger partial charge in [0.15, 0.2) is 5.13 Å². The second-order valence-corrected chi connectivity index (χ2v) is 9.16. The molecule has 24 heavy (non-hydrogen) atoms. The van der Waals surface area contributed by atoms with E-state index >= 15 is 0 Å². The second kappa shape index (κ2) is 8.09. The van der Waals surface area contributed by atoms with E-state index in [1.165, 1.54) is 37.0 Å².